The zero-order valence-electron chi connectivity index (χ0n) is 17.0. The van der Waals surface area contributed by atoms with Crippen LogP contribution in [0.25, 0.3) is 10.2 Å². The number of rotatable bonds is 5. The maximum absolute atomic E-state index is 13.5. The summed E-state index contributed by atoms with van der Waals surface area (Å²) in [7, 11) is 0. The van der Waals surface area contributed by atoms with Crippen molar-refractivity contribution >= 4 is 38.5 Å². The largest absolute Gasteiger partial charge is 0.342 e. The Morgan fingerprint density at radius 3 is 2.66 bits per heavy atom. The molecular weight excluding hydrogens is 382 g/mol. The van der Waals surface area contributed by atoms with Crippen LogP contribution in [0.15, 0.2) is 42.5 Å². The number of aryl methyl sites for hydroxylation is 2. The van der Waals surface area contributed by atoms with Crippen LogP contribution in [0.4, 0.5) is 5.13 Å². The molecule has 0 radical (unpaired) electrons. The first kappa shape index (κ1) is 19.6. The van der Waals surface area contributed by atoms with Gasteiger partial charge in [0.15, 0.2) is 5.13 Å². The average molecular weight is 408 g/mol. The first-order valence-electron chi connectivity index (χ1n) is 9.97. The fraction of sp³-hybridized carbons (Fsp3) is 0.348. The summed E-state index contributed by atoms with van der Waals surface area (Å²) < 4.78 is 1.08. The van der Waals surface area contributed by atoms with E-state index >= 15 is 0 Å². The van der Waals surface area contributed by atoms with Crippen LogP contribution in [0.1, 0.15) is 30.0 Å². The van der Waals surface area contributed by atoms with Crippen molar-refractivity contribution < 1.29 is 9.59 Å². The Balaban J connectivity index is 1.72. The molecule has 29 heavy (non-hydrogen) atoms. The molecular formula is C23H25N3O2S. The molecule has 1 atom stereocenters. The summed E-state index contributed by atoms with van der Waals surface area (Å²) >= 11 is 1.54. The van der Waals surface area contributed by atoms with E-state index < -0.39 is 0 Å². The van der Waals surface area contributed by atoms with Crippen LogP contribution in [0.5, 0.6) is 0 Å². The summed E-state index contributed by atoms with van der Waals surface area (Å²) in [6.07, 6.45) is 0.279. The Morgan fingerprint density at radius 2 is 1.97 bits per heavy atom. The number of nitrogens with zero attached hydrogens (tertiary/aromatic N) is 3. The van der Waals surface area contributed by atoms with Gasteiger partial charge in [0.05, 0.1) is 22.7 Å². The van der Waals surface area contributed by atoms with Gasteiger partial charge in [-0.3, -0.25) is 14.5 Å². The quantitative estimate of drug-likeness (QED) is 0.633. The first-order chi connectivity index (χ1) is 14.0. The Kier molecular flexibility index (Phi) is 5.37. The van der Waals surface area contributed by atoms with Gasteiger partial charge in [0.2, 0.25) is 11.8 Å². The number of fused-ring (bicyclic) bond motifs is 1. The molecule has 0 aliphatic carbocycles. The lowest BCUT2D eigenvalue weighted by molar-refractivity contribution is -0.128. The van der Waals surface area contributed by atoms with Crippen LogP contribution in [-0.2, 0) is 16.1 Å². The molecule has 6 heteroatoms. The Labute approximate surface area is 175 Å². The van der Waals surface area contributed by atoms with Crippen molar-refractivity contribution in [2.75, 3.05) is 18.0 Å². The van der Waals surface area contributed by atoms with E-state index in [1.165, 1.54) is 16.9 Å². The molecule has 150 valence electrons. The molecule has 0 N–H and O–H groups in total. The first-order valence-corrected chi connectivity index (χ1v) is 10.8. The van der Waals surface area contributed by atoms with Gasteiger partial charge in [-0.05, 0) is 43.5 Å². The highest BCUT2D eigenvalue weighted by atomic mass is 32.1. The molecule has 5 nitrogen and oxygen atoms in total. The summed E-state index contributed by atoms with van der Waals surface area (Å²) in [5.41, 5.74) is 4.33. The number of aromatic nitrogens is 1. The third-order valence-electron chi connectivity index (χ3n) is 5.70. The van der Waals surface area contributed by atoms with Crippen molar-refractivity contribution in [2.24, 2.45) is 5.92 Å². The van der Waals surface area contributed by atoms with E-state index in [0.29, 0.717) is 24.8 Å². The highest BCUT2D eigenvalue weighted by Gasteiger charge is 2.37. The molecule has 3 aromatic rings. The summed E-state index contributed by atoms with van der Waals surface area (Å²) in [4.78, 5) is 34.1. The Hall–Kier alpha value is -2.73. The lowest BCUT2D eigenvalue weighted by atomic mass is 10.1. The molecule has 1 aromatic heterocycles. The van der Waals surface area contributed by atoms with E-state index in [-0.39, 0.29) is 24.2 Å². The van der Waals surface area contributed by atoms with E-state index in [4.69, 9.17) is 4.98 Å². The number of carbonyl (C=O) groups is 2. The molecule has 1 aliphatic rings. The lowest BCUT2D eigenvalue weighted by Gasteiger charge is -2.23. The van der Waals surface area contributed by atoms with Crippen LogP contribution < -0.4 is 4.90 Å². The van der Waals surface area contributed by atoms with E-state index in [1.54, 1.807) is 9.80 Å². The minimum absolute atomic E-state index is 0.0217. The predicted octanol–water partition coefficient (Wildman–Crippen LogP) is 4.31. The van der Waals surface area contributed by atoms with Crippen LogP contribution in [0.2, 0.25) is 0 Å². The number of hydrogen-bond acceptors (Lipinski definition) is 4. The van der Waals surface area contributed by atoms with Gasteiger partial charge in [-0.2, -0.15) is 0 Å². The van der Waals surface area contributed by atoms with Gasteiger partial charge < -0.3 is 4.90 Å². The van der Waals surface area contributed by atoms with Crippen molar-refractivity contribution in [3.8, 4) is 0 Å². The monoisotopic (exact) mass is 407 g/mol. The third kappa shape index (κ3) is 3.77. The van der Waals surface area contributed by atoms with Gasteiger partial charge >= 0.3 is 0 Å². The standard InChI is InChI=1S/C23H25N3O2S/c1-4-25-14-18(12-20(25)27)22(28)26(13-17-8-6-5-7-9-17)23-24-21-16(3)15(2)10-11-19(21)29-23/h5-11,18H,4,12-14H2,1-3H3. The Bertz CT molecular complexity index is 1060. The summed E-state index contributed by atoms with van der Waals surface area (Å²) in [5, 5.41) is 0.699. The van der Waals surface area contributed by atoms with E-state index in [9.17, 15) is 9.59 Å². The van der Waals surface area contributed by atoms with Gasteiger partial charge in [0, 0.05) is 19.5 Å². The van der Waals surface area contributed by atoms with E-state index in [0.717, 1.165) is 21.3 Å². The predicted molar refractivity (Wildman–Crippen MR) is 117 cm³/mol. The molecule has 2 heterocycles. The zero-order valence-corrected chi connectivity index (χ0v) is 17.8. The van der Waals surface area contributed by atoms with Gasteiger partial charge in [-0.15, -0.1) is 0 Å². The van der Waals surface area contributed by atoms with Crippen molar-refractivity contribution in [3.05, 3.63) is 59.2 Å². The summed E-state index contributed by atoms with van der Waals surface area (Å²) in [6.45, 7) is 7.67. The Morgan fingerprint density at radius 1 is 1.21 bits per heavy atom. The van der Waals surface area contributed by atoms with Crippen LogP contribution in [-0.4, -0.2) is 34.8 Å². The van der Waals surface area contributed by atoms with Gasteiger partial charge in [0.25, 0.3) is 0 Å². The minimum Gasteiger partial charge on any atom is -0.342 e. The van der Waals surface area contributed by atoms with Crippen molar-refractivity contribution in [1.82, 2.24) is 9.88 Å². The zero-order chi connectivity index (χ0) is 20.5. The SMILES string of the molecule is CCN1CC(C(=O)N(Cc2ccccc2)c2nc3c(C)c(C)ccc3s2)CC1=O. The molecule has 1 unspecified atom stereocenters. The maximum atomic E-state index is 13.5. The summed E-state index contributed by atoms with van der Waals surface area (Å²) in [5.74, 6) is -0.283. The third-order valence-corrected chi connectivity index (χ3v) is 6.74. The highest BCUT2D eigenvalue weighted by molar-refractivity contribution is 7.22. The molecule has 2 amide bonds. The lowest BCUT2D eigenvalue weighted by Crippen LogP contribution is -2.37. The van der Waals surface area contributed by atoms with E-state index in [2.05, 4.69) is 26.0 Å². The van der Waals surface area contributed by atoms with Crippen molar-refractivity contribution in [3.63, 3.8) is 0 Å². The molecule has 1 saturated heterocycles. The number of amides is 2. The smallest absolute Gasteiger partial charge is 0.234 e. The molecule has 1 aliphatic heterocycles. The fourth-order valence-corrected chi connectivity index (χ4v) is 4.83. The van der Waals surface area contributed by atoms with Gasteiger partial charge in [0.1, 0.15) is 0 Å². The van der Waals surface area contributed by atoms with Crippen molar-refractivity contribution in [2.45, 2.75) is 33.7 Å². The number of anilines is 1. The summed E-state index contributed by atoms with van der Waals surface area (Å²) in [6, 6.07) is 14.1. The number of carbonyl (C=O) groups excluding carboxylic acids is 2. The minimum atomic E-state index is -0.319. The second-order valence-corrected chi connectivity index (χ2v) is 8.60. The molecule has 1 fully saturated rings. The number of hydrogen-bond donors (Lipinski definition) is 0. The molecule has 0 bridgehead atoms. The molecule has 4 rings (SSSR count). The van der Waals surface area contributed by atoms with Crippen LogP contribution in [0, 0.1) is 19.8 Å². The maximum Gasteiger partial charge on any atom is 0.234 e. The number of likely N-dealkylation sites (tertiary alicyclic amines) is 1. The van der Waals surface area contributed by atoms with Gasteiger partial charge in [-0.1, -0.05) is 47.7 Å². The average Bonchev–Trinajstić information content (AvgIpc) is 3.33. The number of benzene rings is 2. The highest BCUT2D eigenvalue weighted by Crippen LogP contribution is 2.34. The second-order valence-electron chi connectivity index (χ2n) is 7.59. The van der Waals surface area contributed by atoms with Crippen LogP contribution >= 0.6 is 11.3 Å². The normalized spacial score (nSPS) is 16.6. The number of thiazole rings is 1. The molecule has 0 saturated carbocycles. The van der Waals surface area contributed by atoms with Gasteiger partial charge in [-0.25, -0.2) is 4.98 Å². The van der Waals surface area contributed by atoms with Crippen molar-refractivity contribution in [1.29, 1.82) is 0 Å². The van der Waals surface area contributed by atoms with E-state index in [1.807, 2.05) is 37.3 Å². The molecule has 2 aromatic carbocycles. The second kappa shape index (κ2) is 7.95. The molecule has 0 spiro atoms. The van der Waals surface area contributed by atoms with Crippen LogP contribution in [0.3, 0.4) is 0 Å². The topological polar surface area (TPSA) is 53.5 Å². The fourth-order valence-electron chi connectivity index (χ4n) is 3.80.